The van der Waals surface area contributed by atoms with Crippen molar-refractivity contribution in [2.24, 2.45) is 17.8 Å². The standard InChI is InChI=1S/C29H38N2O6S/c1-5-7-17-37-28(35)23-22-18-19(3)29(38-22)24(23)26(33)31(15-8-9-16-32)25(29)27(34)30(14-6-2)20-10-12-21(36-4)13-11-20/h5-6,10-13,19,22-25,32H,1-2,7-9,14-18H2,3-4H3/t19?,22-,23+,24-,25?,29?/m0/s1. The molecule has 6 atom stereocenters. The molecule has 9 heteroatoms. The van der Waals surface area contributed by atoms with E-state index in [0.29, 0.717) is 37.2 Å². The number of unbranched alkanes of at least 4 members (excludes halogenated alkanes) is 1. The molecule has 3 aliphatic rings. The summed E-state index contributed by atoms with van der Waals surface area (Å²) in [5.74, 6) is -1.18. The van der Waals surface area contributed by atoms with Gasteiger partial charge in [-0.3, -0.25) is 14.4 Å². The van der Waals surface area contributed by atoms with Gasteiger partial charge in [0.15, 0.2) is 0 Å². The van der Waals surface area contributed by atoms with Crippen molar-refractivity contribution in [2.75, 3.05) is 38.3 Å². The van der Waals surface area contributed by atoms with Gasteiger partial charge in [0.25, 0.3) is 5.91 Å². The van der Waals surface area contributed by atoms with Crippen LogP contribution in [0.1, 0.15) is 32.6 Å². The molecule has 3 unspecified atom stereocenters. The molecular weight excluding hydrogens is 504 g/mol. The van der Waals surface area contributed by atoms with Crippen LogP contribution in [-0.4, -0.2) is 77.2 Å². The molecule has 1 aromatic rings. The number of likely N-dealkylation sites (tertiary alicyclic amines) is 1. The zero-order chi connectivity index (χ0) is 27.4. The number of ether oxygens (including phenoxy) is 2. The number of amides is 2. The molecule has 3 fully saturated rings. The number of hydrogen-bond donors (Lipinski definition) is 1. The van der Waals surface area contributed by atoms with Gasteiger partial charge >= 0.3 is 5.97 Å². The van der Waals surface area contributed by atoms with Gasteiger partial charge in [-0.25, -0.2) is 0 Å². The summed E-state index contributed by atoms with van der Waals surface area (Å²) in [6.07, 6.45) is 5.74. The number of carbonyl (C=O) groups is 3. The van der Waals surface area contributed by atoms with Crippen LogP contribution in [-0.2, 0) is 19.1 Å². The summed E-state index contributed by atoms with van der Waals surface area (Å²) in [5.41, 5.74) is 0.684. The smallest absolute Gasteiger partial charge is 0.310 e. The number of hydrogen-bond acceptors (Lipinski definition) is 7. The number of fused-ring (bicyclic) bond motifs is 1. The molecule has 38 heavy (non-hydrogen) atoms. The first kappa shape index (κ1) is 28.2. The van der Waals surface area contributed by atoms with Crippen LogP contribution in [0.15, 0.2) is 49.6 Å². The topological polar surface area (TPSA) is 96.4 Å². The number of nitrogens with zero attached hydrogens (tertiary/aromatic N) is 2. The molecule has 0 radical (unpaired) electrons. The number of aliphatic hydroxyl groups is 1. The lowest BCUT2D eigenvalue weighted by molar-refractivity contribution is -0.154. The molecule has 1 N–H and O–H groups in total. The van der Waals surface area contributed by atoms with Gasteiger partial charge in [0, 0.05) is 30.6 Å². The van der Waals surface area contributed by atoms with Crippen LogP contribution in [0.4, 0.5) is 5.69 Å². The third-order valence-electron chi connectivity index (χ3n) is 8.09. The van der Waals surface area contributed by atoms with Gasteiger partial charge in [-0.15, -0.1) is 24.9 Å². The maximum Gasteiger partial charge on any atom is 0.310 e. The Kier molecular flexibility index (Phi) is 8.88. The van der Waals surface area contributed by atoms with E-state index < -0.39 is 22.6 Å². The molecule has 206 valence electrons. The van der Waals surface area contributed by atoms with Crippen molar-refractivity contribution in [1.29, 1.82) is 0 Å². The second kappa shape index (κ2) is 11.9. The molecule has 2 amide bonds. The summed E-state index contributed by atoms with van der Waals surface area (Å²) < 4.78 is 10.1. The Balaban J connectivity index is 1.74. The summed E-state index contributed by atoms with van der Waals surface area (Å²) in [4.78, 5) is 45.2. The lowest BCUT2D eigenvalue weighted by Gasteiger charge is -2.40. The Morgan fingerprint density at radius 2 is 1.97 bits per heavy atom. The number of aliphatic hydroxyl groups excluding tert-OH is 1. The average Bonchev–Trinajstić information content (AvgIpc) is 3.51. The molecule has 0 saturated carbocycles. The number of methoxy groups -OCH3 is 1. The maximum absolute atomic E-state index is 14.5. The zero-order valence-corrected chi connectivity index (χ0v) is 23.0. The van der Waals surface area contributed by atoms with E-state index in [0.717, 1.165) is 6.42 Å². The zero-order valence-electron chi connectivity index (χ0n) is 22.2. The Bertz CT molecular complexity index is 1060. The molecule has 2 bridgehead atoms. The highest BCUT2D eigenvalue weighted by atomic mass is 32.2. The van der Waals surface area contributed by atoms with Crippen LogP contribution >= 0.6 is 11.8 Å². The number of anilines is 1. The van der Waals surface area contributed by atoms with Gasteiger partial charge in [0.1, 0.15) is 11.8 Å². The van der Waals surface area contributed by atoms with Crippen molar-refractivity contribution in [2.45, 2.75) is 48.6 Å². The van der Waals surface area contributed by atoms with Crippen molar-refractivity contribution >= 4 is 35.2 Å². The van der Waals surface area contributed by atoms with Crippen molar-refractivity contribution < 1.29 is 29.0 Å². The number of thioether (sulfide) groups is 1. The molecule has 3 heterocycles. The molecule has 1 aromatic carbocycles. The van der Waals surface area contributed by atoms with Gasteiger partial charge in [-0.1, -0.05) is 19.1 Å². The molecule has 3 aliphatic heterocycles. The third kappa shape index (κ3) is 4.75. The van der Waals surface area contributed by atoms with E-state index in [-0.39, 0.29) is 48.7 Å². The number of esters is 1. The fourth-order valence-electron chi connectivity index (χ4n) is 6.40. The number of benzene rings is 1. The fraction of sp³-hybridized carbons (Fsp3) is 0.552. The van der Waals surface area contributed by atoms with E-state index in [2.05, 4.69) is 20.1 Å². The van der Waals surface area contributed by atoms with Gasteiger partial charge < -0.3 is 24.4 Å². The first-order chi connectivity index (χ1) is 18.3. The van der Waals surface area contributed by atoms with Crippen molar-refractivity contribution in [3.8, 4) is 5.75 Å². The van der Waals surface area contributed by atoms with E-state index in [1.165, 1.54) is 0 Å². The SMILES string of the molecule is C=CCCOC(=O)[C@@H]1[C@@H]2CC(C)C3(S2)C(C(=O)N(CC=C)c2ccc(OC)cc2)N(CCCCO)C(=O)[C@H]13. The maximum atomic E-state index is 14.5. The van der Waals surface area contributed by atoms with Crippen LogP contribution < -0.4 is 9.64 Å². The summed E-state index contributed by atoms with van der Waals surface area (Å²) >= 11 is 1.63. The predicted octanol–water partition coefficient (Wildman–Crippen LogP) is 3.44. The normalized spacial score (nSPS) is 29.2. The van der Waals surface area contributed by atoms with Crippen molar-refractivity contribution in [3.05, 3.63) is 49.6 Å². The molecule has 0 aliphatic carbocycles. The van der Waals surface area contributed by atoms with Crippen molar-refractivity contribution in [1.82, 2.24) is 4.90 Å². The molecule has 1 spiro atoms. The second-order valence-corrected chi connectivity index (χ2v) is 11.7. The van der Waals surface area contributed by atoms with Crippen LogP contribution in [0, 0.1) is 17.8 Å². The second-order valence-electron chi connectivity index (χ2n) is 10.2. The van der Waals surface area contributed by atoms with Crippen LogP contribution in [0.5, 0.6) is 5.75 Å². The Morgan fingerprint density at radius 1 is 1.24 bits per heavy atom. The third-order valence-corrected chi connectivity index (χ3v) is 10.2. The van der Waals surface area contributed by atoms with Crippen molar-refractivity contribution in [3.63, 3.8) is 0 Å². The number of carbonyl (C=O) groups excluding carboxylic acids is 3. The van der Waals surface area contributed by atoms with Crippen LogP contribution in [0.25, 0.3) is 0 Å². The minimum absolute atomic E-state index is 0.00906. The van der Waals surface area contributed by atoms with Gasteiger partial charge in [0.05, 0.1) is 30.3 Å². The first-order valence-corrected chi connectivity index (χ1v) is 14.2. The highest BCUT2D eigenvalue weighted by Crippen LogP contribution is 2.68. The van der Waals surface area contributed by atoms with Gasteiger partial charge in [0.2, 0.25) is 5.91 Å². The lowest BCUT2D eigenvalue weighted by atomic mass is 9.66. The quantitative estimate of drug-likeness (QED) is 0.232. The van der Waals surface area contributed by atoms with E-state index in [1.54, 1.807) is 53.0 Å². The molecular formula is C29H38N2O6S. The highest BCUT2D eigenvalue weighted by molar-refractivity contribution is 8.02. The van der Waals surface area contributed by atoms with Gasteiger partial charge in [-0.05, 0) is 55.9 Å². The highest BCUT2D eigenvalue weighted by Gasteiger charge is 2.76. The monoisotopic (exact) mass is 542 g/mol. The largest absolute Gasteiger partial charge is 0.497 e. The summed E-state index contributed by atoms with van der Waals surface area (Å²) in [5, 5.41) is 9.31. The predicted molar refractivity (Wildman–Crippen MR) is 148 cm³/mol. The van der Waals surface area contributed by atoms with Gasteiger partial charge in [-0.2, -0.15) is 0 Å². The molecule has 3 saturated heterocycles. The van der Waals surface area contributed by atoms with E-state index in [9.17, 15) is 19.5 Å². The van der Waals surface area contributed by atoms with Crippen LogP contribution in [0.3, 0.4) is 0 Å². The summed E-state index contributed by atoms with van der Waals surface area (Å²) in [6.45, 7) is 10.5. The number of rotatable bonds is 13. The fourth-order valence-corrected chi connectivity index (χ4v) is 8.81. The van der Waals surface area contributed by atoms with E-state index in [4.69, 9.17) is 9.47 Å². The lowest BCUT2D eigenvalue weighted by Crippen LogP contribution is -2.57. The summed E-state index contributed by atoms with van der Waals surface area (Å²) in [6, 6.07) is 6.51. The Hall–Kier alpha value is -2.78. The minimum Gasteiger partial charge on any atom is -0.497 e. The van der Waals surface area contributed by atoms with Crippen LogP contribution in [0.2, 0.25) is 0 Å². The van der Waals surface area contributed by atoms with E-state index in [1.807, 2.05) is 12.1 Å². The average molecular weight is 543 g/mol. The minimum atomic E-state index is -0.739. The Morgan fingerprint density at radius 3 is 2.61 bits per heavy atom. The molecule has 8 nitrogen and oxygen atoms in total. The molecule has 0 aromatic heterocycles. The molecule has 4 rings (SSSR count). The van der Waals surface area contributed by atoms with E-state index >= 15 is 0 Å². The summed E-state index contributed by atoms with van der Waals surface area (Å²) in [7, 11) is 1.59. The Labute approximate surface area is 229 Å². The first-order valence-electron chi connectivity index (χ1n) is 13.3.